The molecule has 15 heavy (non-hydrogen) atoms. The summed E-state index contributed by atoms with van der Waals surface area (Å²) >= 11 is 0. The molecule has 1 aromatic carbocycles. The smallest absolute Gasteiger partial charge is 0.113 e. The van der Waals surface area contributed by atoms with Gasteiger partial charge in [-0.25, -0.2) is 0 Å². The highest BCUT2D eigenvalue weighted by Crippen LogP contribution is 2.35. The fourth-order valence-electron chi connectivity index (χ4n) is 1.49. The maximum atomic E-state index is 5.55. The second-order valence-electron chi connectivity index (χ2n) is 3.79. The highest BCUT2D eigenvalue weighted by atomic mass is 33.1. The van der Waals surface area contributed by atoms with Crippen molar-refractivity contribution in [2.24, 2.45) is 0 Å². The van der Waals surface area contributed by atoms with Gasteiger partial charge in [-0.05, 0) is 25.3 Å². The number of ether oxygens (including phenoxy) is 1. The SMILES string of the molecule is Cc1ccc(CSSC2CCCO2)cc1. The molecule has 1 aliphatic rings. The van der Waals surface area contributed by atoms with Crippen molar-refractivity contribution in [3.63, 3.8) is 0 Å². The molecule has 0 radical (unpaired) electrons. The summed E-state index contributed by atoms with van der Waals surface area (Å²) in [5.74, 6) is 1.07. The summed E-state index contributed by atoms with van der Waals surface area (Å²) in [6.07, 6.45) is 2.44. The van der Waals surface area contributed by atoms with E-state index in [0.29, 0.717) is 5.44 Å². The highest BCUT2D eigenvalue weighted by molar-refractivity contribution is 8.76. The molecule has 0 N–H and O–H groups in total. The van der Waals surface area contributed by atoms with E-state index in [1.165, 1.54) is 24.0 Å². The van der Waals surface area contributed by atoms with Crippen LogP contribution in [0, 0.1) is 6.92 Å². The molecule has 1 saturated heterocycles. The van der Waals surface area contributed by atoms with Gasteiger partial charge in [0.1, 0.15) is 5.44 Å². The van der Waals surface area contributed by atoms with Gasteiger partial charge in [0.2, 0.25) is 0 Å². The summed E-state index contributed by atoms with van der Waals surface area (Å²) in [5.41, 5.74) is 3.16. The predicted molar refractivity (Wildman–Crippen MR) is 69.0 cm³/mol. The van der Waals surface area contributed by atoms with Crippen molar-refractivity contribution in [1.82, 2.24) is 0 Å². The van der Waals surface area contributed by atoms with Crippen LogP contribution in [0.15, 0.2) is 24.3 Å². The van der Waals surface area contributed by atoms with Crippen LogP contribution in [0.3, 0.4) is 0 Å². The minimum atomic E-state index is 0.431. The molecule has 2 rings (SSSR count). The van der Waals surface area contributed by atoms with Gasteiger partial charge < -0.3 is 4.74 Å². The topological polar surface area (TPSA) is 9.23 Å². The summed E-state index contributed by atoms with van der Waals surface area (Å²) in [6, 6.07) is 8.76. The van der Waals surface area contributed by atoms with Crippen molar-refractivity contribution in [2.75, 3.05) is 6.61 Å². The standard InChI is InChI=1S/C12H16OS2/c1-10-4-6-11(7-5-10)9-14-15-12-3-2-8-13-12/h4-7,12H,2-3,8-9H2,1H3. The fourth-order valence-corrected chi connectivity index (χ4v) is 3.97. The number of aryl methyl sites for hydroxylation is 1. The van der Waals surface area contributed by atoms with E-state index in [1.807, 2.05) is 21.6 Å². The molecule has 0 spiro atoms. The molecule has 0 aromatic heterocycles. The van der Waals surface area contributed by atoms with Gasteiger partial charge in [-0.15, -0.1) is 0 Å². The van der Waals surface area contributed by atoms with Crippen molar-refractivity contribution in [1.29, 1.82) is 0 Å². The monoisotopic (exact) mass is 240 g/mol. The Bertz CT molecular complexity index is 291. The summed E-state index contributed by atoms with van der Waals surface area (Å²) in [5, 5.41) is 0. The summed E-state index contributed by atoms with van der Waals surface area (Å²) in [6.45, 7) is 3.07. The summed E-state index contributed by atoms with van der Waals surface area (Å²) in [4.78, 5) is 0. The Labute approximate surface area is 99.4 Å². The molecule has 0 saturated carbocycles. The van der Waals surface area contributed by atoms with Gasteiger partial charge in [0, 0.05) is 12.4 Å². The number of benzene rings is 1. The summed E-state index contributed by atoms with van der Waals surface area (Å²) in [7, 11) is 3.78. The van der Waals surface area contributed by atoms with E-state index in [1.54, 1.807) is 0 Å². The van der Waals surface area contributed by atoms with Crippen LogP contribution < -0.4 is 0 Å². The Morgan fingerprint density at radius 3 is 2.80 bits per heavy atom. The molecule has 1 nitrogen and oxygen atoms in total. The third-order valence-electron chi connectivity index (χ3n) is 2.41. The Hall–Kier alpha value is -0.120. The molecule has 0 bridgehead atoms. The zero-order chi connectivity index (χ0) is 10.5. The second kappa shape index (κ2) is 5.83. The number of hydrogen-bond acceptors (Lipinski definition) is 3. The second-order valence-corrected chi connectivity index (χ2v) is 6.31. The Morgan fingerprint density at radius 2 is 2.13 bits per heavy atom. The normalized spacial score (nSPS) is 20.7. The minimum absolute atomic E-state index is 0.431. The Balaban J connectivity index is 1.71. The van der Waals surface area contributed by atoms with E-state index in [2.05, 4.69) is 31.2 Å². The van der Waals surface area contributed by atoms with E-state index in [0.717, 1.165) is 12.4 Å². The first-order chi connectivity index (χ1) is 7.34. The largest absolute Gasteiger partial charge is 0.367 e. The van der Waals surface area contributed by atoms with Crippen molar-refractivity contribution >= 4 is 21.6 Å². The van der Waals surface area contributed by atoms with Gasteiger partial charge >= 0.3 is 0 Å². The van der Waals surface area contributed by atoms with E-state index in [9.17, 15) is 0 Å². The van der Waals surface area contributed by atoms with Gasteiger partial charge in [-0.1, -0.05) is 51.4 Å². The van der Waals surface area contributed by atoms with Gasteiger partial charge in [0.25, 0.3) is 0 Å². The average Bonchev–Trinajstić information content (AvgIpc) is 2.74. The van der Waals surface area contributed by atoms with Crippen LogP contribution in [-0.4, -0.2) is 12.0 Å². The molecule has 3 heteroatoms. The van der Waals surface area contributed by atoms with Gasteiger partial charge in [0.15, 0.2) is 0 Å². The molecule has 1 fully saturated rings. The van der Waals surface area contributed by atoms with Crippen LogP contribution in [0.2, 0.25) is 0 Å². The Kier molecular flexibility index (Phi) is 4.42. The minimum Gasteiger partial charge on any atom is -0.367 e. The first-order valence-electron chi connectivity index (χ1n) is 5.30. The first kappa shape index (κ1) is 11.4. The molecule has 82 valence electrons. The molecule has 0 amide bonds. The predicted octanol–water partition coefficient (Wildman–Crippen LogP) is 4.01. The molecular formula is C12H16OS2. The highest BCUT2D eigenvalue weighted by Gasteiger charge is 2.15. The quantitative estimate of drug-likeness (QED) is 0.736. The van der Waals surface area contributed by atoms with Crippen molar-refractivity contribution in [3.8, 4) is 0 Å². The average molecular weight is 240 g/mol. The number of rotatable bonds is 4. The lowest BCUT2D eigenvalue weighted by Crippen LogP contribution is -1.95. The van der Waals surface area contributed by atoms with E-state index < -0.39 is 0 Å². The van der Waals surface area contributed by atoms with Gasteiger partial charge in [-0.3, -0.25) is 0 Å². The van der Waals surface area contributed by atoms with Crippen LogP contribution in [0.1, 0.15) is 24.0 Å². The lowest BCUT2D eigenvalue weighted by molar-refractivity contribution is 0.175. The van der Waals surface area contributed by atoms with Crippen LogP contribution >= 0.6 is 21.6 Å². The fraction of sp³-hybridized carbons (Fsp3) is 0.500. The van der Waals surface area contributed by atoms with Crippen LogP contribution in [0.5, 0.6) is 0 Å². The van der Waals surface area contributed by atoms with Crippen molar-refractivity contribution in [3.05, 3.63) is 35.4 Å². The molecule has 0 aliphatic carbocycles. The van der Waals surface area contributed by atoms with Crippen LogP contribution in [-0.2, 0) is 10.5 Å². The maximum Gasteiger partial charge on any atom is 0.113 e. The Morgan fingerprint density at radius 1 is 1.33 bits per heavy atom. The zero-order valence-electron chi connectivity index (χ0n) is 8.94. The van der Waals surface area contributed by atoms with E-state index >= 15 is 0 Å². The molecule has 1 unspecified atom stereocenters. The first-order valence-corrected chi connectivity index (χ1v) is 7.68. The molecule has 1 aliphatic heterocycles. The van der Waals surface area contributed by atoms with Gasteiger partial charge in [-0.2, -0.15) is 0 Å². The molecule has 1 heterocycles. The third kappa shape index (κ3) is 3.74. The lowest BCUT2D eigenvalue weighted by Gasteiger charge is -2.07. The third-order valence-corrected chi connectivity index (χ3v) is 4.99. The molecular weight excluding hydrogens is 224 g/mol. The van der Waals surface area contributed by atoms with Crippen molar-refractivity contribution < 1.29 is 4.74 Å². The number of hydrogen-bond donors (Lipinski definition) is 0. The van der Waals surface area contributed by atoms with Crippen LogP contribution in [0.4, 0.5) is 0 Å². The van der Waals surface area contributed by atoms with Crippen molar-refractivity contribution in [2.45, 2.75) is 31.0 Å². The van der Waals surface area contributed by atoms with Crippen LogP contribution in [0.25, 0.3) is 0 Å². The molecule has 1 atom stereocenters. The lowest BCUT2D eigenvalue weighted by atomic mass is 10.2. The maximum absolute atomic E-state index is 5.55. The van der Waals surface area contributed by atoms with E-state index in [4.69, 9.17) is 4.74 Å². The zero-order valence-corrected chi connectivity index (χ0v) is 10.6. The summed E-state index contributed by atoms with van der Waals surface area (Å²) < 4.78 is 5.55. The molecule has 1 aromatic rings. The van der Waals surface area contributed by atoms with Gasteiger partial charge in [0.05, 0.1) is 0 Å². The van der Waals surface area contributed by atoms with E-state index in [-0.39, 0.29) is 0 Å².